The summed E-state index contributed by atoms with van der Waals surface area (Å²) in [6.07, 6.45) is 3.50. The number of rotatable bonds is 2. The summed E-state index contributed by atoms with van der Waals surface area (Å²) >= 11 is 9.63. The van der Waals surface area contributed by atoms with E-state index in [1.54, 1.807) is 12.4 Å². The Hall–Kier alpha value is -0.160. The van der Waals surface area contributed by atoms with Gasteiger partial charge in [0.1, 0.15) is 0 Å². The third-order valence-corrected chi connectivity index (χ3v) is 1.70. The molecule has 0 bridgehead atoms. The van der Waals surface area contributed by atoms with Crippen LogP contribution < -0.4 is 0 Å². The Balaban J connectivity index is 0.000000249. The zero-order chi connectivity index (χ0) is 11.0. The molecule has 1 aromatic rings. The predicted molar refractivity (Wildman–Crippen MR) is 52.9 cm³/mol. The monoisotopic (exact) mass is 259 g/mol. The molecule has 80 valence electrons. The van der Waals surface area contributed by atoms with Crippen molar-refractivity contribution in [3.05, 3.63) is 30.6 Å². The molecule has 0 unspecified atom stereocenters. The summed E-state index contributed by atoms with van der Waals surface area (Å²) in [4.78, 5) is 19.6. The number of nitrogens with zero attached hydrogens (tertiary/aromatic N) is 1. The minimum Gasteiger partial charge on any atom is -0.303 e. The van der Waals surface area contributed by atoms with Crippen molar-refractivity contribution >= 4 is 31.0 Å². The number of hydrogen-bond donors (Lipinski definition) is 2. The Morgan fingerprint density at radius 2 is 1.71 bits per heavy atom. The second-order valence-electron chi connectivity index (χ2n) is 1.88. The van der Waals surface area contributed by atoms with Crippen LogP contribution in [0.5, 0.6) is 0 Å². The molecule has 0 aliphatic rings. The fourth-order valence-electron chi connectivity index (χ4n) is 0.416. The highest BCUT2D eigenvalue weighted by atomic mass is 35.5. The Bertz CT molecular complexity index is 252. The third-order valence-electron chi connectivity index (χ3n) is 0.783. The van der Waals surface area contributed by atoms with E-state index in [9.17, 15) is 4.57 Å². The quantitative estimate of drug-likeness (QED) is 0.627. The summed E-state index contributed by atoms with van der Waals surface area (Å²) in [6, 6.07) is 5.72. The molecule has 0 aliphatic carbocycles. The number of alkyl halides is 2. The molecule has 1 aromatic heterocycles. The number of aromatic nitrogens is 1. The van der Waals surface area contributed by atoms with Crippen molar-refractivity contribution in [1.82, 2.24) is 4.98 Å². The lowest BCUT2D eigenvalue weighted by Crippen LogP contribution is -1.91. The van der Waals surface area contributed by atoms with Gasteiger partial charge in [0.05, 0.1) is 0 Å². The normalized spacial score (nSPS) is 10.6. The molecular formula is C6H8Cl2NO4P. The van der Waals surface area contributed by atoms with Crippen LogP contribution in [0.25, 0.3) is 0 Å². The molecule has 2 N–H and O–H groups in total. The Kier molecular flexibility index (Phi) is 7.09. The van der Waals surface area contributed by atoms with E-state index in [-0.39, 0.29) is 0 Å². The smallest absolute Gasteiger partial charge is 0.303 e. The van der Waals surface area contributed by atoms with Gasteiger partial charge >= 0.3 is 7.82 Å². The molecule has 5 nitrogen and oxygen atoms in total. The fourth-order valence-corrected chi connectivity index (χ4v) is 1.25. The van der Waals surface area contributed by atoms with Crippen LogP contribution >= 0.6 is 31.0 Å². The third kappa shape index (κ3) is 11.8. The first kappa shape index (κ1) is 13.8. The fraction of sp³-hybridized carbons (Fsp3) is 0.167. The predicted octanol–water partition coefficient (Wildman–Crippen LogP) is 1.94. The molecule has 0 amide bonds. The van der Waals surface area contributed by atoms with Crippen LogP contribution in [0.2, 0.25) is 0 Å². The Labute approximate surface area is 90.9 Å². The van der Waals surface area contributed by atoms with Crippen LogP contribution in [-0.4, -0.2) is 19.8 Å². The topological polar surface area (TPSA) is 79.7 Å². The van der Waals surface area contributed by atoms with Gasteiger partial charge in [-0.1, -0.05) is 29.3 Å². The number of phosphoric ester groups is 1. The Morgan fingerprint density at radius 3 is 1.79 bits per heavy atom. The van der Waals surface area contributed by atoms with E-state index in [1.807, 2.05) is 18.2 Å². The average Bonchev–Trinajstić information content (AvgIpc) is 2.03. The molecule has 0 spiro atoms. The van der Waals surface area contributed by atoms with Gasteiger partial charge in [-0.25, -0.2) is 4.57 Å². The summed E-state index contributed by atoms with van der Waals surface area (Å²) in [6.45, 7) is 0. The van der Waals surface area contributed by atoms with Crippen molar-refractivity contribution in [2.75, 3.05) is 0 Å². The molecule has 0 saturated heterocycles. The van der Waals surface area contributed by atoms with Crippen molar-refractivity contribution in [2.45, 2.75) is 5.02 Å². The second kappa shape index (κ2) is 7.17. The highest BCUT2D eigenvalue weighted by molar-refractivity contribution is 7.46. The van der Waals surface area contributed by atoms with Gasteiger partial charge in [-0.05, 0) is 12.1 Å². The molecule has 0 aliphatic heterocycles. The number of hydrogen-bond acceptors (Lipinski definition) is 3. The number of phosphoric acid groups is 1. The average molecular weight is 260 g/mol. The van der Waals surface area contributed by atoms with Crippen molar-refractivity contribution < 1.29 is 18.9 Å². The van der Waals surface area contributed by atoms with Crippen molar-refractivity contribution in [3.8, 4) is 0 Å². The molecule has 0 fully saturated rings. The summed E-state index contributed by atoms with van der Waals surface area (Å²) in [5.74, 6) is 0. The molecule has 0 saturated carbocycles. The molecule has 0 atom stereocenters. The van der Waals surface area contributed by atoms with Crippen LogP contribution in [0.1, 0.15) is 0 Å². The molecule has 8 heteroatoms. The molecule has 14 heavy (non-hydrogen) atoms. The highest BCUT2D eigenvalue weighted by Crippen LogP contribution is 2.39. The van der Waals surface area contributed by atoms with Gasteiger partial charge in [0.25, 0.3) is 0 Å². The lowest BCUT2D eigenvalue weighted by molar-refractivity contribution is 0.211. The maximum atomic E-state index is 9.74. The minimum atomic E-state index is -4.49. The van der Waals surface area contributed by atoms with E-state index < -0.39 is 12.8 Å². The van der Waals surface area contributed by atoms with E-state index in [2.05, 4.69) is 9.51 Å². The zero-order valence-corrected chi connectivity index (χ0v) is 9.23. The molecule has 1 heterocycles. The summed E-state index contributed by atoms with van der Waals surface area (Å²) in [7, 11) is -4.49. The van der Waals surface area contributed by atoms with Crippen molar-refractivity contribution in [1.29, 1.82) is 0 Å². The van der Waals surface area contributed by atoms with Crippen molar-refractivity contribution in [3.63, 3.8) is 0 Å². The van der Waals surface area contributed by atoms with Gasteiger partial charge in [-0.3, -0.25) is 9.51 Å². The SMILES string of the molecule is O=P(O)(O)OC(Cl)Cl.c1ccncc1. The summed E-state index contributed by atoms with van der Waals surface area (Å²) in [5, 5.41) is -1.48. The van der Waals surface area contributed by atoms with Gasteiger partial charge in [-0.2, -0.15) is 0 Å². The van der Waals surface area contributed by atoms with Gasteiger partial charge in [0, 0.05) is 12.4 Å². The largest absolute Gasteiger partial charge is 0.472 e. The summed E-state index contributed by atoms with van der Waals surface area (Å²) in [5.41, 5.74) is 0. The molecule has 0 aromatic carbocycles. The van der Waals surface area contributed by atoms with E-state index in [0.717, 1.165) is 0 Å². The lowest BCUT2D eigenvalue weighted by atomic mass is 10.5. The van der Waals surface area contributed by atoms with Crippen LogP contribution in [0.4, 0.5) is 0 Å². The van der Waals surface area contributed by atoms with Crippen molar-refractivity contribution in [2.24, 2.45) is 0 Å². The van der Waals surface area contributed by atoms with E-state index >= 15 is 0 Å². The summed E-state index contributed by atoms with van der Waals surface area (Å²) < 4.78 is 13.4. The van der Waals surface area contributed by atoms with Crippen LogP contribution in [-0.2, 0) is 9.09 Å². The maximum Gasteiger partial charge on any atom is 0.472 e. The zero-order valence-electron chi connectivity index (χ0n) is 6.83. The first-order valence-corrected chi connectivity index (χ1v) is 5.69. The Morgan fingerprint density at radius 1 is 1.21 bits per heavy atom. The van der Waals surface area contributed by atoms with Gasteiger partial charge in [0.2, 0.25) is 5.02 Å². The van der Waals surface area contributed by atoms with Crippen LogP contribution in [0, 0.1) is 0 Å². The second-order valence-corrected chi connectivity index (χ2v) is 4.09. The number of halogens is 2. The first-order chi connectivity index (χ1) is 6.42. The highest BCUT2D eigenvalue weighted by Gasteiger charge is 2.17. The van der Waals surface area contributed by atoms with Gasteiger partial charge in [-0.15, -0.1) is 0 Å². The van der Waals surface area contributed by atoms with Crippen LogP contribution in [0.3, 0.4) is 0 Å². The van der Waals surface area contributed by atoms with E-state index in [1.165, 1.54) is 0 Å². The molecular weight excluding hydrogens is 252 g/mol. The molecule has 0 radical (unpaired) electrons. The maximum absolute atomic E-state index is 9.74. The van der Waals surface area contributed by atoms with E-state index in [4.69, 9.17) is 33.0 Å². The van der Waals surface area contributed by atoms with Crippen LogP contribution in [0.15, 0.2) is 30.6 Å². The minimum absolute atomic E-state index is 1.48. The number of pyridine rings is 1. The lowest BCUT2D eigenvalue weighted by Gasteiger charge is -2.02. The molecule has 1 rings (SSSR count). The van der Waals surface area contributed by atoms with Gasteiger partial charge < -0.3 is 9.79 Å². The standard InChI is InChI=1S/C5H5N.CH3Cl2O4P/c1-2-4-6-5-3-1;2-1(3)7-8(4,5)6/h1-5H;1H,(H2,4,5,6). The van der Waals surface area contributed by atoms with E-state index in [0.29, 0.717) is 0 Å². The first-order valence-electron chi connectivity index (χ1n) is 3.29. The van der Waals surface area contributed by atoms with Gasteiger partial charge in [0.15, 0.2) is 0 Å².